The average Bonchev–Trinajstić information content (AvgIpc) is 2.47. The van der Waals surface area contributed by atoms with Crippen LogP contribution in [0.3, 0.4) is 0 Å². The minimum atomic E-state index is 0.571. The van der Waals surface area contributed by atoms with E-state index in [-0.39, 0.29) is 0 Å². The summed E-state index contributed by atoms with van der Waals surface area (Å²) in [5.74, 6) is 1.39. The van der Waals surface area contributed by atoms with Gasteiger partial charge in [0.2, 0.25) is 0 Å². The van der Waals surface area contributed by atoms with E-state index in [2.05, 4.69) is 20.2 Å². The molecule has 0 bridgehead atoms. The Labute approximate surface area is 119 Å². The van der Waals surface area contributed by atoms with Crippen LogP contribution in [0.5, 0.6) is 0 Å². The first-order valence-electron chi connectivity index (χ1n) is 7.17. The lowest BCUT2D eigenvalue weighted by Gasteiger charge is -2.31. The predicted molar refractivity (Wildman–Crippen MR) is 81.3 cm³/mol. The lowest BCUT2D eigenvalue weighted by molar-refractivity contribution is 0.184. The second-order valence-corrected chi connectivity index (χ2v) is 5.41. The van der Waals surface area contributed by atoms with Crippen molar-refractivity contribution in [3.05, 3.63) is 30.1 Å². The molecule has 0 radical (unpaired) electrons. The molecule has 0 saturated carbocycles. The van der Waals surface area contributed by atoms with E-state index in [1.54, 1.807) is 0 Å². The third kappa shape index (κ3) is 2.73. The smallest absolute Gasteiger partial charge is 0.145 e. The van der Waals surface area contributed by atoms with Gasteiger partial charge >= 0.3 is 0 Å². The number of nitrogens with two attached hydrogens (primary N) is 1. The highest BCUT2D eigenvalue weighted by atomic mass is 15.2. The Morgan fingerprint density at radius 1 is 1.35 bits per heavy atom. The van der Waals surface area contributed by atoms with Gasteiger partial charge in [-0.15, -0.1) is 0 Å². The molecule has 1 atom stereocenters. The normalized spacial score (nSPS) is 20.4. The molecule has 1 fully saturated rings. The molecule has 2 heterocycles. The Kier molecular flexibility index (Phi) is 3.80. The fraction of sp³-hybridized carbons (Fsp3) is 0.467. The van der Waals surface area contributed by atoms with Crippen molar-refractivity contribution in [3.8, 4) is 0 Å². The summed E-state index contributed by atoms with van der Waals surface area (Å²) in [6.07, 6.45) is 2.46. The lowest BCUT2D eigenvalue weighted by atomic mass is 10.1. The van der Waals surface area contributed by atoms with E-state index in [4.69, 9.17) is 5.73 Å². The van der Waals surface area contributed by atoms with Crippen LogP contribution in [0.4, 0.5) is 5.82 Å². The number of benzene rings is 1. The number of hydrogen-bond donors (Lipinski definition) is 2. The zero-order valence-corrected chi connectivity index (χ0v) is 11.8. The van der Waals surface area contributed by atoms with Gasteiger partial charge in [-0.3, -0.25) is 4.90 Å². The Bertz CT molecular complexity index is 598. The number of nitrogen functional groups attached to an aromatic ring is 1. The number of likely N-dealkylation sites (tertiary alicyclic amines) is 1. The molecule has 0 spiro atoms. The maximum atomic E-state index is 6.03. The summed E-state index contributed by atoms with van der Waals surface area (Å²) in [5.41, 5.74) is 6.96. The zero-order valence-electron chi connectivity index (χ0n) is 11.8. The standard InChI is InChI=1S/C15H21N5/c1-17-11-5-4-8-20(9-11)10-14-18-13-7-3-2-6-12(13)15(16)19-14/h2-3,6-7,11,17H,4-5,8-10H2,1H3,(H2,16,18,19). The van der Waals surface area contributed by atoms with E-state index in [0.717, 1.165) is 36.4 Å². The number of likely N-dealkylation sites (N-methyl/N-ethyl adjacent to an activating group) is 1. The highest BCUT2D eigenvalue weighted by Gasteiger charge is 2.19. The SMILES string of the molecule is CNC1CCCN(Cc2nc(N)c3ccccc3n2)C1. The number of piperidine rings is 1. The highest BCUT2D eigenvalue weighted by Crippen LogP contribution is 2.18. The number of rotatable bonds is 3. The fourth-order valence-electron chi connectivity index (χ4n) is 2.86. The molecule has 3 rings (SSSR count). The fourth-order valence-corrected chi connectivity index (χ4v) is 2.86. The monoisotopic (exact) mass is 271 g/mol. The molecule has 1 aromatic heterocycles. The Morgan fingerprint density at radius 2 is 2.20 bits per heavy atom. The number of aromatic nitrogens is 2. The Morgan fingerprint density at radius 3 is 3.05 bits per heavy atom. The van der Waals surface area contributed by atoms with Gasteiger partial charge in [-0.2, -0.15) is 0 Å². The molecule has 3 N–H and O–H groups in total. The molecule has 1 aliphatic heterocycles. The molecule has 1 aromatic carbocycles. The number of para-hydroxylation sites is 1. The molecule has 2 aromatic rings. The number of hydrogen-bond acceptors (Lipinski definition) is 5. The maximum absolute atomic E-state index is 6.03. The summed E-state index contributed by atoms with van der Waals surface area (Å²) < 4.78 is 0. The molecule has 1 saturated heterocycles. The van der Waals surface area contributed by atoms with Crippen LogP contribution in [0.1, 0.15) is 18.7 Å². The molecular weight excluding hydrogens is 250 g/mol. The molecule has 5 nitrogen and oxygen atoms in total. The third-order valence-corrected chi connectivity index (χ3v) is 3.96. The van der Waals surface area contributed by atoms with Crippen LogP contribution in [0.25, 0.3) is 10.9 Å². The van der Waals surface area contributed by atoms with Gasteiger partial charge in [-0.05, 0) is 38.6 Å². The van der Waals surface area contributed by atoms with Gasteiger partial charge in [0.15, 0.2) is 0 Å². The van der Waals surface area contributed by atoms with Gasteiger partial charge in [0.25, 0.3) is 0 Å². The molecular formula is C15H21N5. The van der Waals surface area contributed by atoms with Gasteiger partial charge in [-0.1, -0.05) is 12.1 Å². The Balaban J connectivity index is 1.80. The van der Waals surface area contributed by atoms with Crippen molar-refractivity contribution in [1.29, 1.82) is 0 Å². The molecule has 1 unspecified atom stereocenters. The average molecular weight is 271 g/mol. The van der Waals surface area contributed by atoms with Crippen molar-refractivity contribution < 1.29 is 0 Å². The van der Waals surface area contributed by atoms with Gasteiger partial charge in [0.1, 0.15) is 11.6 Å². The summed E-state index contributed by atoms with van der Waals surface area (Å²) >= 11 is 0. The van der Waals surface area contributed by atoms with Crippen molar-refractivity contribution >= 4 is 16.7 Å². The van der Waals surface area contributed by atoms with Crippen LogP contribution < -0.4 is 11.1 Å². The lowest BCUT2D eigenvalue weighted by Crippen LogP contribution is -2.44. The summed E-state index contributed by atoms with van der Waals surface area (Å²) in [7, 11) is 2.03. The van der Waals surface area contributed by atoms with Crippen LogP contribution >= 0.6 is 0 Å². The summed E-state index contributed by atoms with van der Waals surface area (Å²) in [4.78, 5) is 11.5. The quantitative estimate of drug-likeness (QED) is 0.883. The summed E-state index contributed by atoms with van der Waals surface area (Å²) in [5, 5.41) is 4.29. The molecule has 1 aliphatic rings. The second kappa shape index (κ2) is 5.73. The van der Waals surface area contributed by atoms with Crippen LogP contribution in [-0.4, -0.2) is 41.0 Å². The first-order valence-corrected chi connectivity index (χ1v) is 7.17. The Hall–Kier alpha value is -1.72. The van der Waals surface area contributed by atoms with Gasteiger partial charge < -0.3 is 11.1 Å². The van der Waals surface area contributed by atoms with Crippen molar-refractivity contribution in [2.45, 2.75) is 25.4 Å². The molecule has 20 heavy (non-hydrogen) atoms. The predicted octanol–water partition coefficient (Wildman–Crippen LogP) is 1.40. The van der Waals surface area contributed by atoms with E-state index in [1.165, 1.54) is 12.8 Å². The van der Waals surface area contributed by atoms with E-state index >= 15 is 0 Å². The minimum Gasteiger partial charge on any atom is -0.383 e. The van der Waals surface area contributed by atoms with Crippen LogP contribution in [-0.2, 0) is 6.54 Å². The first-order chi connectivity index (χ1) is 9.76. The number of anilines is 1. The topological polar surface area (TPSA) is 67.1 Å². The largest absolute Gasteiger partial charge is 0.383 e. The molecule has 0 amide bonds. The van der Waals surface area contributed by atoms with Gasteiger partial charge in [0, 0.05) is 18.0 Å². The summed E-state index contributed by atoms with van der Waals surface area (Å²) in [6.45, 7) is 2.92. The molecule has 5 heteroatoms. The van der Waals surface area contributed by atoms with Crippen molar-refractivity contribution in [3.63, 3.8) is 0 Å². The highest BCUT2D eigenvalue weighted by molar-refractivity contribution is 5.87. The molecule has 106 valence electrons. The van der Waals surface area contributed by atoms with Crippen LogP contribution in [0.15, 0.2) is 24.3 Å². The first kappa shape index (κ1) is 13.3. The van der Waals surface area contributed by atoms with Crippen LogP contribution in [0, 0.1) is 0 Å². The third-order valence-electron chi connectivity index (χ3n) is 3.96. The number of fused-ring (bicyclic) bond motifs is 1. The van der Waals surface area contributed by atoms with Crippen molar-refractivity contribution in [2.24, 2.45) is 0 Å². The van der Waals surface area contributed by atoms with E-state index in [1.807, 2.05) is 31.3 Å². The molecule has 0 aliphatic carbocycles. The van der Waals surface area contributed by atoms with E-state index < -0.39 is 0 Å². The van der Waals surface area contributed by atoms with E-state index in [0.29, 0.717) is 11.9 Å². The number of nitrogens with one attached hydrogen (secondary N) is 1. The van der Waals surface area contributed by atoms with Crippen molar-refractivity contribution in [2.75, 3.05) is 25.9 Å². The van der Waals surface area contributed by atoms with Gasteiger partial charge in [-0.25, -0.2) is 9.97 Å². The van der Waals surface area contributed by atoms with E-state index in [9.17, 15) is 0 Å². The zero-order chi connectivity index (χ0) is 13.9. The maximum Gasteiger partial charge on any atom is 0.145 e. The van der Waals surface area contributed by atoms with Gasteiger partial charge in [0.05, 0.1) is 12.1 Å². The number of nitrogens with zero attached hydrogens (tertiary/aromatic N) is 3. The second-order valence-electron chi connectivity index (χ2n) is 5.41. The summed E-state index contributed by atoms with van der Waals surface area (Å²) in [6, 6.07) is 8.47. The minimum absolute atomic E-state index is 0.571. The van der Waals surface area contributed by atoms with Crippen LogP contribution in [0.2, 0.25) is 0 Å². The van der Waals surface area contributed by atoms with Crippen molar-refractivity contribution in [1.82, 2.24) is 20.2 Å².